The van der Waals surface area contributed by atoms with Crippen LogP contribution in [0, 0.1) is 0 Å². The number of ether oxygens (including phenoxy) is 1. The van der Waals surface area contributed by atoms with Gasteiger partial charge in [-0.05, 0) is 17.7 Å². The molecule has 0 radical (unpaired) electrons. The lowest BCUT2D eigenvalue weighted by Crippen LogP contribution is -1.90. The Hall–Kier alpha value is -1.48. The predicted octanol–water partition coefficient (Wildman–Crippen LogP) is 2.47. The van der Waals surface area contributed by atoms with Gasteiger partial charge < -0.3 is 9.84 Å². The quantitative estimate of drug-likeness (QED) is 0.634. The fraction of sp³-hybridized carbons (Fsp3) is 0.182. The van der Waals surface area contributed by atoms with Gasteiger partial charge in [0.1, 0.15) is 0 Å². The second kappa shape index (κ2) is 5.41. The van der Waals surface area contributed by atoms with Crippen molar-refractivity contribution in [1.29, 1.82) is 0 Å². The minimum Gasteiger partial charge on any atom is -0.504 e. The molecule has 80 valence electrons. The number of aldehydes is 1. The van der Waals surface area contributed by atoms with E-state index in [2.05, 4.69) is 0 Å². The molecule has 1 rings (SSSR count). The molecule has 0 aliphatic heterocycles. The number of methoxy groups -OCH3 is 1. The van der Waals surface area contributed by atoms with E-state index < -0.39 is 0 Å². The number of halogens is 1. The molecule has 15 heavy (non-hydrogen) atoms. The molecule has 0 saturated carbocycles. The summed E-state index contributed by atoms with van der Waals surface area (Å²) >= 11 is 5.49. The van der Waals surface area contributed by atoms with Gasteiger partial charge in [0, 0.05) is 5.88 Å². The zero-order valence-corrected chi connectivity index (χ0v) is 8.99. The van der Waals surface area contributed by atoms with Crippen molar-refractivity contribution in [3.63, 3.8) is 0 Å². The summed E-state index contributed by atoms with van der Waals surface area (Å²) < 4.78 is 4.93. The lowest BCUT2D eigenvalue weighted by Gasteiger charge is -2.06. The van der Waals surface area contributed by atoms with Crippen LogP contribution in [0.4, 0.5) is 0 Å². The summed E-state index contributed by atoms with van der Waals surface area (Å²) in [5, 5.41) is 9.53. The van der Waals surface area contributed by atoms with Gasteiger partial charge in [0.2, 0.25) is 0 Å². The second-order valence-corrected chi connectivity index (χ2v) is 3.14. The van der Waals surface area contributed by atoms with Crippen LogP contribution in [0.25, 0.3) is 6.08 Å². The van der Waals surface area contributed by atoms with Crippen LogP contribution in [0.2, 0.25) is 0 Å². The number of hydrogen-bond donors (Lipinski definition) is 1. The summed E-state index contributed by atoms with van der Waals surface area (Å²) in [5.41, 5.74) is 0.955. The Balaban J connectivity index is 3.20. The number of rotatable bonds is 4. The Labute approximate surface area is 92.9 Å². The molecular formula is C11H11ClO3. The third kappa shape index (κ3) is 2.73. The molecule has 0 fully saturated rings. The third-order valence-electron chi connectivity index (χ3n) is 1.87. The number of phenolic OH excluding ortho intramolecular Hbond substituents is 1. The maximum atomic E-state index is 10.7. The topological polar surface area (TPSA) is 46.5 Å². The number of carbonyl (C=O) groups is 1. The first-order chi connectivity index (χ1) is 7.22. The Morgan fingerprint density at radius 3 is 2.80 bits per heavy atom. The first kappa shape index (κ1) is 11.6. The Kier molecular flexibility index (Phi) is 4.18. The highest BCUT2D eigenvalue weighted by atomic mass is 35.5. The molecule has 0 aliphatic rings. The van der Waals surface area contributed by atoms with Gasteiger partial charge in [0.15, 0.2) is 17.8 Å². The summed E-state index contributed by atoms with van der Waals surface area (Å²) in [4.78, 5) is 10.7. The van der Waals surface area contributed by atoms with Crippen LogP contribution in [-0.4, -0.2) is 24.4 Å². The van der Waals surface area contributed by atoms with E-state index >= 15 is 0 Å². The molecule has 0 aromatic heterocycles. The van der Waals surface area contributed by atoms with Crippen LogP contribution in [0.1, 0.15) is 15.9 Å². The minimum absolute atomic E-state index is 0.143. The van der Waals surface area contributed by atoms with E-state index in [1.807, 2.05) is 0 Å². The van der Waals surface area contributed by atoms with Gasteiger partial charge in [0.05, 0.1) is 12.7 Å². The number of allylic oxidation sites excluding steroid dienone is 1. The van der Waals surface area contributed by atoms with Gasteiger partial charge >= 0.3 is 0 Å². The van der Waals surface area contributed by atoms with Gasteiger partial charge in [-0.25, -0.2) is 0 Å². The minimum atomic E-state index is -0.143. The number of benzene rings is 1. The van der Waals surface area contributed by atoms with Crippen LogP contribution in [0.3, 0.4) is 0 Å². The Morgan fingerprint density at radius 1 is 1.53 bits per heavy atom. The van der Waals surface area contributed by atoms with Crippen molar-refractivity contribution in [2.45, 2.75) is 0 Å². The summed E-state index contributed by atoms with van der Waals surface area (Å²) in [7, 11) is 1.43. The van der Waals surface area contributed by atoms with Gasteiger partial charge in [0.25, 0.3) is 0 Å². The zero-order valence-electron chi connectivity index (χ0n) is 8.24. The van der Waals surface area contributed by atoms with Crippen molar-refractivity contribution in [2.75, 3.05) is 13.0 Å². The molecule has 0 bridgehead atoms. The summed E-state index contributed by atoms with van der Waals surface area (Å²) in [6.45, 7) is 0. The molecule has 4 heteroatoms. The van der Waals surface area contributed by atoms with E-state index in [-0.39, 0.29) is 17.1 Å². The van der Waals surface area contributed by atoms with E-state index in [1.165, 1.54) is 7.11 Å². The number of hydrogen-bond acceptors (Lipinski definition) is 3. The molecule has 1 aromatic rings. The average molecular weight is 227 g/mol. The molecule has 0 saturated heterocycles. The van der Waals surface area contributed by atoms with Gasteiger partial charge in [-0.3, -0.25) is 4.79 Å². The highest BCUT2D eigenvalue weighted by Gasteiger charge is 2.08. The molecule has 1 N–H and O–H groups in total. The SMILES string of the molecule is COc1cc(C=CCCl)cc(C=O)c1O. The highest BCUT2D eigenvalue weighted by molar-refractivity contribution is 6.19. The molecular weight excluding hydrogens is 216 g/mol. The molecule has 0 aliphatic carbocycles. The standard InChI is InChI=1S/C11H11ClO3/c1-15-10-6-8(3-2-4-12)5-9(7-13)11(10)14/h2-3,5-7,14H,4H2,1H3. The predicted molar refractivity (Wildman–Crippen MR) is 59.8 cm³/mol. The van der Waals surface area contributed by atoms with Crippen molar-refractivity contribution in [1.82, 2.24) is 0 Å². The Morgan fingerprint density at radius 2 is 2.27 bits per heavy atom. The zero-order chi connectivity index (χ0) is 11.3. The van der Waals surface area contributed by atoms with Gasteiger partial charge in [-0.15, -0.1) is 11.6 Å². The van der Waals surface area contributed by atoms with Crippen molar-refractivity contribution >= 4 is 24.0 Å². The highest BCUT2D eigenvalue weighted by Crippen LogP contribution is 2.30. The molecule has 0 spiro atoms. The number of alkyl halides is 1. The van der Waals surface area contributed by atoms with E-state index in [0.29, 0.717) is 12.2 Å². The van der Waals surface area contributed by atoms with Crippen molar-refractivity contribution in [2.24, 2.45) is 0 Å². The Bertz CT molecular complexity index is 386. The fourth-order valence-electron chi connectivity index (χ4n) is 1.17. The second-order valence-electron chi connectivity index (χ2n) is 2.84. The molecule has 3 nitrogen and oxygen atoms in total. The largest absolute Gasteiger partial charge is 0.504 e. The number of aromatic hydroxyl groups is 1. The smallest absolute Gasteiger partial charge is 0.168 e. The molecule has 1 aromatic carbocycles. The van der Waals surface area contributed by atoms with Crippen molar-refractivity contribution in [3.05, 3.63) is 29.3 Å². The molecule has 0 atom stereocenters. The van der Waals surface area contributed by atoms with Gasteiger partial charge in [-0.2, -0.15) is 0 Å². The molecule has 0 amide bonds. The van der Waals surface area contributed by atoms with Crippen molar-refractivity contribution in [3.8, 4) is 11.5 Å². The summed E-state index contributed by atoms with van der Waals surface area (Å²) in [5.74, 6) is 0.518. The first-order valence-corrected chi connectivity index (χ1v) is 4.85. The lowest BCUT2D eigenvalue weighted by atomic mass is 10.1. The average Bonchev–Trinajstić information content (AvgIpc) is 2.27. The normalized spacial score (nSPS) is 10.5. The lowest BCUT2D eigenvalue weighted by molar-refractivity contribution is 0.112. The maximum Gasteiger partial charge on any atom is 0.168 e. The molecule has 0 unspecified atom stereocenters. The molecule has 0 heterocycles. The van der Waals surface area contributed by atoms with Crippen LogP contribution in [0.15, 0.2) is 18.2 Å². The van der Waals surface area contributed by atoms with E-state index in [4.69, 9.17) is 16.3 Å². The van der Waals surface area contributed by atoms with Gasteiger partial charge in [-0.1, -0.05) is 12.2 Å². The van der Waals surface area contributed by atoms with E-state index in [0.717, 1.165) is 5.56 Å². The maximum absolute atomic E-state index is 10.7. The monoisotopic (exact) mass is 226 g/mol. The first-order valence-electron chi connectivity index (χ1n) is 4.31. The third-order valence-corrected chi connectivity index (χ3v) is 2.05. The van der Waals surface area contributed by atoms with Crippen LogP contribution >= 0.6 is 11.6 Å². The van der Waals surface area contributed by atoms with E-state index in [1.54, 1.807) is 24.3 Å². The van der Waals surface area contributed by atoms with Crippen LogP contribution in [0.5, 0.6) is 11.5 Å². The van der Waals surface area contributed by atoms with Crippen LogP contribution < -0.4 is 4.74 Å². The van der Waals surface area contributed by atoms with Crippen LogP contribution in [-0.2, 0) is 0 Å². The van der Waals surface area contributed by atoms with E-state index in [9.17, 15) is 9.90 Å². The van der Waals surface area contributed by atoms with Crippen molar-refractivity contribution < 1.29 is 14.6 Å². The fourth-order valence-corrected chi connectivity index (χ4v) is 1.26. The summed E-state index contributed by atoms with van der Waals surface area (Å²) in [6.07, 6.45) is 4.07. The summed E-state index contributed by atoms with van der Waals surface area (Å²) in [6, 6.07) is 3.19. The number of carbonyl (C=O) groups excluding carboxylic acids is 1. The number of phenols is 1.